The number of halogens is 1. The van der Waals surface area contributed by atoms with Gasteiger partial charge in [0, 0.05) is 31.0 Å². The summed E-state index contributed by atoms with van der Waals surface area (Å²) in [6.07, 6.45) is 0.799. The zero-order chi connectivity index (χ0) is 19.2. The molecule has 0 N–H and O–H groups in total. The van der Waals surface area contributed by atoms with E-state index in [1.807, 2.05) is 49.4 Å². The molecule has 0 spiro atoms. The maximum absolute atomic E-state index is 12.1. The number of ether oxygens (including phenoxy) is 1. The molecule has 0 fully saturated rings. The van der Waals surface area contributed by atoms with Crippen LogP contribution in [0, 0.1) is 0 Å². The summed E-state index contributed by atoms with van der Waals surface area (Å²) in [5.41, 5.74) is 2.85. The lowest BCUT2D eigenvalue weighted by atomic mass is 10.1. The fourth-order valence-electron chi connectivity index (χ4n) is 3.00. The Hall–Kier alpha value is -2.59. The van der Waals surface area contributed by atoms with Crippen molar-refractivity contribution in [1.29, 1.82) is 0 Å². The van der Waals surface area contributed by atoms with Gasteiger partial charge in [0.2, 0.25) is 5.91 Å². The Kier molecular flexibility index (Phi) is 6.30. The molecule has 3 aromatic rings. The van der Waals surface area contributed by atoms with E-state index < -0.39 is 0 Å². The molecule has 0 radical (unpaired) electrons. The second-order valence-electron chi connectivity index (χ2n) is 6.40. The zero-order valence-electron chi connectivity index (χ0n) is 15.6. The van der Waals surface area contributed by atoms with Crippen LogP contribution in [0.1, 0.15) is 25.0 Å². The van der Waals surface area contributed by atoms with E-state index >= 15 is 0 Å². The van der Waals surface area contributed by atoms with Gasteiger partial charge in [-0.15, -0.1) is 0 Å². The van der Waals surface area contributed by atoms with Gasteiger partial charge in [-0.3, -0.25) is 4.79 Å². The van der Waals surface area contributed by atoms with E-state index in [0.29, 0.717) is 24.8 Å². The number of rotatable bonds is 7. The number of nitrogens with zero attached hydrogens (tertiary/aromatic N) is 2. The molecule has 0 atom stereocenters. The monoisotopic (exact) mass is 382 g/mol. The molecule has 0 saturated heterocycles. The number of fused-ring (bicyclic) bond motifs is 1. The van der Waals surface area contributed by atoms with Gasteiger partial charge in [0.05, 0.1) is 12.1 Å². The molecule has 0 bridgehead atoms. The molecule has 1 heterocycles. The highest BCUT2D eigenvalue weighted by molar-refractivity contribution is 6.30. The molecular formula is C22H23ClN2O2. The molecule has 140 valence electrons. The minimum Gasteiger partial charge on any atom is -0.494 e. The van der Waals surface area contributed by atoms with Crippen LogP contribution in [0.3, 0.4) is 0 Å². The number of hydrogen-bond acceptors (Lipinski definition) is 3. The molecule has 5 heteroatoms. The van der Waals surface area contributed by atoms with Gasteiger partial charge in [0.1, 0.15) is 10.9 Å². The Labute approximate surface area is 164 Å². The summed E-state index contributed by atoms with van der Waals surface area (Å²) in [5, 5.41) is 1.38. The maximum Gasteiger partial charge on any atom is 0.219 e. The highest BCUT2D eigenvalue weighted by Crippen LogP contribution is 2.25. The van der Waals surface area contributed by atoms with E-state index in [2.05, 4.69) is 17.1 Å². The van der Waals surface area contributed by atoms with Crippen LogP contribution in [0.4, 0.5) is 0 Å². The van der Waals surface area contributed by atoms with E-state index in [1.165, 1.54) is 5.56 Å². The molecule has 27 heavy (non-hydrogen) atoms. The predicted molar refractivity (Wildman–Crippen MR) is 109 cm³/mol. The summed E-state index contributed by atoms with van der Waals surface area (Å²) >= 11 is 6.39. The zero-order valence-corrected chi connectivity index (χ0v) is 16.4. The summed E-state index contributed by atoms with van der Waals surface area (Å²) in [6, 6.07) is 17.9. The average molecular weight is 383 g/mol. The Morgan fingerprint density at radius 3 is 2.63 bits per heavy atom. The van der Waals surface area contributed by atoms with Gasteiger partial charge in [-0.2, -0.15) is 0 Å². The third-order valence-corrected chi connectivity index (χ3v) is 4.77. The van der Waals surface area contributed by atoms with Crippen LogP contribution in [0.5, 0.6) is 5.75 Å². The summed E-state index contributed by atoms with van der Waals surface area (Å²) in [5.74, 6) is 0.817. The van der Waals surface area contributed by atoms with Crippen molar-refractivity contribution in [1.82, 2.24) is 9.88 Å². The number of carbonyl (C=O) groups is 1. The Morgan fingerprint density at radius 1 is 1.15 bits per heavy atom. The van der Waals surface area contributed by atoms with Crippen molar-refractivity contribution < 1.29 is 9.53 Å². The molecule has 1 aromatic heterocycles. The van der Waals surface area contributed by atoms with Crippen molar-refractivity contribution in [2.24, 2.45) is 0 Å². The second-order valence-corrected chi connectivity index (χ2v) is 6.76. The van der Waals surface area contributed by atoms with Crippen molar-refractivity contribution in [3.63, 3.8) is 0 Å². The average Bonchev–Trinajstić information content (AvgIpc) is 2.66. The summed E-state index contributed by atoms with van der Waals surface area (Å²) in [7, 11) is 0. The predicted octanol–water partition coefficient (Wildman–Crippen LogP) is 4.88. The van der Waals surface area contributed by atoms with Gasteiger partial charge in [-0.1, -0.05) is 41.9 Å². The van der Waals surface area contributed by atoms with Crippen LogP contribution in [0.15, 0.2) is 54.6 Å². The topological polar surface area (TPSA) is 42.4 Å². The van der Waals surface area contributed by atoms with Gasteiger partial charge in [-0.05, 0) is 43.2 Å². The Balaban J connectivity index is 1.81. The highest BCUT2D eigenvalue weighted by atomic mass is 35.5. The largest absolute Gasteiger partial charge is 0.494 e. The van der Waals surface area contributed by atoms with Crippen molar-refractivity contribution >= 4 is 28.4 Å². The lowest BCUT2D eigenvalue weighted by Crippen LogP contribution is -2.30. The van der Waals surface area contributed by atoms with Crippen LogP contribution in [0.25, 0.3) is 10.9 Å². The molecule has 1 amide bonds. The first kappa shape index (κ1) is 19.2. The molecule has 4 nitrogen and oxygen atoms in total. The third-order valence-electron chi connectivity index (χ3n) is 4.44. The van der Waals surface area contributed by atoms with E-state index in [-0.39, 0.29) is 5.91 Å². The van der Waals surface area contributed by atoms with E-state index in [1.54, 1.807) is 11.8 Å². The number of pyridine rings is 1. The Morgan fingerprint density at radius 2 is 1.93 bits per heavy atom. The van der Waals surface area contributed by atoms with Crippen LogP contribution < -0.4 is 4.74 Å². The number of benzene rings is 2. The molecule has 2 aromatic carbocycles. The van der Waals surface area contributed by atoms with E-state index in [9.17, 15) is 4.79 Å². The summed E-state index contributed by atoms with van der Waals surface area (Å²) < 4.78 is 5.57. The van der Waals surface area contributed by atoms with Crippen LogP contribution in [-0.4, -0.2) is 28.9 Å². The molecular weight excluding hydrogens is 360 g/mol. The van der Waals surface area contributed by atoms with Crippen molar-refractivity contribution in [3.05, 3.63) is 70.9 Å². The standard InChI is InChI=1S/C22H23ClN2O2/c1-3-27-20-9-10-21-18(14-20)13-19(22(23)24-21)15-25(16(2)26)12-11-17-7-5-4-6-8-17/h4-10,13-14H,3,11-12,15H2,1-2H3. The van der Waals surface area contributed by atoms with Crippen LogP contribution in [0.2, 0.25) is 5.15 Å². The molecule has 3 rings (SSSR count). The normalized spacial score (nSPS) is 10.8. The van der Waals surface area contributed by atoms with Gasteiger partial charge >= 0.3 is 0 Å². The fraction of sp³-hybridized carbons (Fsp3) is 0.273. The number of amides is 1. The lowest BCUT2D eigenvalue weighted by molar-refractivity contribution is -0.129. The van der Waals surface area contributed by atoms with Crippen molar-refractivity contribution in [2.75, 3.05) is 13.2 Å². The summed E-state index contributed by atoms with van der Waals surface area (Å²) in [6.45, 7) is 5.21. The first-order chi connectivity index (χ1) is 13.1. The number of hydrogen-bond donors (Lipinski definition) is 0. The second kappa shape index (κ2) is 8.87. The first-order valence-corrected chi connectivity index (χ1v) is 9.46. The SMILES string of the molecule is CCOc1ccc2nc(Cl)c(CN(CCc3ccccc3)C(C)=O)cc2c1. The molecule has 0 aliphatic carbocycles. The van der Waals surface area contributed by atoms with Crippen molar-refractivity contribution in [2.45, 2.75) is 26.8 Å². The molecule has 0 saturated carbocycles. The molecule has 0 unspecified atom stereocenters. The van der Waals surface area contributed by atoms with Gasteiger partial charge < -0.3 is 9.64 Å². The smallest absolute Gasteiger partial charge is 0.219 e. The third kappa shape index (κ3) is 4.98. The van der Waals surface area contributed by atoms with E-state index in [4.69, 9.17) is 16.3 Å². The molecule has 0 aliphatic rings. The fourth-order valence-corrected chi connectivity index (χ4v) is 3.21. The van der Waals surface area contributed by atoms with E-state index in [0.717, 1.165) is 28.6 Å². The first-order valence-electron chi connectivity index (χ1n) is 9.08. The lowest BCUT2D eigenvalue weighted by Gasteiger charge is -2.22. The maximum atomic E-state index is 12.1. The van der Waals surface area contributed by atoms with Gasteiger partial charge in [0.15, 0.2) is 0 Å². The number of carbonyl (C=O) groups excluding carboxylic acids is 1. The van der Waals surface area contributed by atoms with Crippen LogP contribution >= 0.6 is 11.6 Å². The van der Waals surface area contributed by atoms with Gasteiger partial charge in [0.25, 0.3) is 0 Å². The molecule has 0 aliphatic heterocycles. The quantitative estimate of drug-likeness (QED) is 0.547. The van der Waals surface area contributed by atoms with Crippen LogP contribution in [-0.2, 0) is 17.8 Å². The Bertz CT molecular complexity index is 928. The summed E-state index contributed by atoms with van der Waals surface area (Å²) in [4.78, 5) is 18.4. The number of aromatic nitrogens is 1. The minimum atomic E-state index is 0.0187. The highest BCUT2D eigenvalue weighted by Gasteiger charge is 2.14. The minimum absolute atomic E-state index is 0.0187. The van der Waals surface area contributed by atoms with Gasteiger partial charge in [-0.25, -0.2) is 4.98 Å². The van der Waals surface area contributed by atoms with Crippen molar-refractivity contribution in [3.8, 4) is 5.75 Å².